The Morgan fingerprint density at radius 2 is 2.25 bits per heavy atom. The van der Waals surface area contributed by atoms with Gasteiger partial charge in [-0.2, -0.15) is 0 Å². The number of H-pyrrole nitrogens is 1. The van der Waals surface area contributed by atoms with E-state index in [1.807, 2.05) is 0 Å². The summed E-state index contributed by atoms with van der Waals surface area (Å²) in [6, 6.07) is 4.76. The van der Waals surface area contributed by atoms with Crippen molar-refractivity contribution in [2.45, 2.75) is 6.92 Å². The van der Waals surface area contributed by atoms with E-state index in [9.17, 15) is 9.18 Å². The Morgan fingerprint density at radius 3 is 2.81 bits per heavy atom. The van der Waals surface area contributed by atoms with Crippen LogP contribution in [0.5, 0.6) is 0 Å². The molecule has 0 aliphatic heterocycles. The van der Waals surface area contributed by atoms with Crippen LogP contribution in [0, 0.1) is 5.82 Å². The van der Waals surface area contributed by atoms with E-state index in [1.54, 1.807) is 25.3 Å². The maximum absolute atomic E-state index is 12.8. The molecule has 0 fully saturated rings. The average molecular weight is 244 g/mol. The molecule has 0 aliphatic rings. The normalized spacial score (nSPS) is 9.44. The molecule has 2 rings (SSSR count). The molecule has 0 atom stereocenters. The van der Waals surface area contributed by atoms with Gasteiger partial charge >= 0.3 is 0 Å². The molecule has 0 saturated heterocycles. The van der Waals surface area contributed by atoms with Gasteiger partial charge in [0, 0.05) is 17.1 Å². The SMILES string of the molecule is CCOC=O.Fc1ccc2[nH]ccc2c1Cl. The van der Waals surface area contributed by atoms with Crippen molar-refractivity contribution < 1.29 is 13.9 Å². The molecule has 0 amide bonds. The first kappa shape index (κ1) is 12.5. The van der Waals surface area contributed by atoms with E-state index in [2.05, 4.69) is 9.72 Å². The number of hydrogen-bond donors (Lipinski definition) is 1. The molecule has 0 spiro atoms. The Labute approximate surface area is 97.2 Å². The second-order valence-corrected chi connectivity index (χ2v) is 3.23. The highest BCUT2D eigenvalue weighted by Crippen LogP contribution is 2.24. The minimum absolute atomic E-state index is 0.184. The molecule has 0 aliphatic carbocycles. The second kappa shape index (κ2) is 6.12. The summed E-state index contributed by atoms with van der Waals surface area (Å²) in [5, 5.41) is 0.912. The van der Waals surface area contributed by atoms with Gasteiger partial charge in [-0.25, -0.2) is 4.39 Å². The highest BCUT2D eigenvalue weighted by atomic mass is 35.5. The molecule has 5 heteroatoms. The maximum Gasteiger partial charge on any atom is 0.293 e. The maximum atomic E-state index is 12.8. The number of fused-ring (bicyclic) bond motifs is 1. The number of aromatic amines is 1. The molecular formula is C11H11ClFNO2. The number of ether oxygens (including phenoxy) is 1. The van der Waals surface area contributed by atoms with Crippen molar-refractivity contribution in [3.63, 3.8) is 0 Å². The van der Waals surface area contributed by atoms with E-state index >= 15 is 0 Å². The van der Waals surface area contributed by atoms with Crippen molar-refractivity contribution in [3.05, 3.63) is 35.2 Å². The predicted molar refractivity (Wildman–Crippen MR) is 61.0 cm³/mol. The second-order valence-electron chi connectivity index (χ2n) is 2.85. The molecule has 0 saturated carbocycles. The van der Waals surface area contributed by atoms with E-state index in [-0.39, 0.29) is 10.8 Å². The Morgan fingerprint density at radius 1 is 1.50 bits per heavy atom. The van der Waals surface area contributed by atoms with Crippen molar-refractivity contribution in [1.82, 2.24) is 4.98 Å². The topological polar surface area (TPSA) is 42.1 Å². The average Bonchev–Trinajstić information content (AvgIpc) is 2.74. The van der Waals surface area contributed by atoms with Crippen LogP contribution in [0.4, 0.5) is 4.39 Å². The van der Waals surface area contributed by atoms with Crippen LogP contribution in [0.15, 0.2) is 24.4 Å². The van der Waals surface area contributed by atoms with Crippen LogP contribution in [0.25, 0.3) is 10.9 Å². The summed E-state index contributed by atoms with van der Waals surface area (Å²) in [5.41, 5.74) is 0.858. The van der Waals surface area contributed by atoms with E-state index in [1.165, 1.54) is 6.07 Å². The van der Waals surface area contributed by atoms with Crippen LogP contribution in [-0.4, -0.2) is 18.1 Å². The number of aromatic nitrogens is 1. The summed E-state index contributed by atoms with van der Waals surface area (Å²) >= 11 is 5.67. The molecule has 0 unspecified atom stereocenters. The smallest absolute Gasteiger partial charge is 0.293 e. The molecular weight excluding hydrogens is 233 g/mol. The number of rotatable bonds is 2. The van der Waals surface area contributed by atoms with Gasteiger partial charge in [0.2, 0.25) is 0 Å². The Bertz CT molecular complexity index is 470. The lowest BCUT2D eigenvalue weighted by Crippen LogP contribution is -1.80. The molecule has 1 N–H and O–H groups in total. The quantitative estimate of drug-likeness (QED) is 0.824. The van der Waals surface area contributed by atoms with Gasteiger partial charge in [0.1, 0.15) is 5.82 Å². The van der Waals surface area contributed by atoms with Crippen LogP contribution >= 0.6 is 11.6 Å². The first-order chi connectivity index (χ1) is 7.70. The van der Waals surface area contributed by atoms with Gasteiger partial charge in [0.15, 0.2) is 0 Å². The molecule has 2 aromatic rings. The third-order valence-electron chi connectivity index (χ3n) is 1.86. The number of nitrogens with one attached hydrogen (secondary N) is 1. The molecule has 16 heavy (non-hydrogen) atoms. The Balaban J connectivity index is 0.000000221. The molecule has 1 heterocycles. The van der Waals surface area contributed by atoms with E-state index in [0.717, 1.165) is 10.9 Å². The minimum Gasteiger partial charge on any atom is -0.468 e. The standard InChI is InChI=1S/C8H5ClFN.C3H6O2/c9-8-5-3-4-11-7(5)2-1-6(8)10;1-2-5-3-4/h1-4,11H;3H,2H2,1H3. The lowest BCUT2D eigenvalue weighted by atomic mass is 10.2. The van der Waals surface area contributed by atoms with Crippen molar-refractivity contribution in [1.29, 1.82) is 0 Å². The molecule has 1 aromatic heterocycles. The van der Waals surface area contributed by atoms with Crippen LogP contribution in [0.1, 0.15) is 6.92 Å². The van der Waals surface area contributed by atoms with Gasteiger partial charge in [0.25, 0.3) is 6.47 Å². The summed E-state index contributed by atoms with van der Waals surface area (Å²) in [7, 11) is 0. The summed E-state index contributed by atoms with van der Waals surface area (Å²) in [6.45, 7) is 2.66. The Kier molecular flexibility index (Phi) is 4.79. The molecule has 0 radical (unpaired) electrons. The van der Waals surface area contributed by atoms with Crippen LogP contribution in [0.3, 0.4) is 0 Å². The highest BCUT2D eigenvalue weighted by molar-refractivity contribution is 6.35. The highest BCUT2D eigenvalue weighted by Gasteiger charge is 2.03. The lowest BCUT2D eigenvalue weighted by molar-refractivity contribution is -0.128. The summed E-state index contributed by atoms with van der Waals surface area (Å²) < 4.78 is 16.9. The van der Waals surface area contributed by atoms with Gasteiger partial charge in [-0.3, -0.25) is 4.79 Å². The minimum atomic E-state index is -0.376. The summed E-state index contributed by atoms with van der Waals surface area (Å²) in [5.74, 6) is -0.376. The predicted octanol–water partition coefficient (Wildman–Crippen LogP) is 3.14. The van der Waals surface area contributed by atoms with Gasteiger partial charge in [-0.05, 0) is 25.1 Å². The first-order valence-corrected chi connectivity index (χ1v) is 5.04. The van der Waals surface area contributed by atoms with E-state index in [4.69, 9.17) is 11.6 Å². The lowest BCUT2D eigenvalue weighted by Gasteiger charge is -1.94. The molecule has 86 valence electrons. The van der Waals surface area contributed by atoms with Crippen molar-refractivity contribution in [2.75, 3.05) is 6.61 Å². The molecule has 3 nitrogen and oxygen atoms in total. The van der Waals surface area contributed by atoms with Crippen molar-refractivity contribution >= 4 is 29.0 Å². The van der Waals surface area contributed by atoms with Gasteiger partial charge < -0.3 is 9.72 Å². The monoisotopic (exact) mass is 243 g/mol. The largest absolute Gasteiger partial charge is 0.468 e. The fourth-order valence-corrected chi connectivity index (χ4v) is 1.37. The van der Waals surface area contributed by atoms with Crippen LogP contribution in [-0.2, 0) is 9.53 Å². The van der Waals surface area contributed by atoms with Gasteiger partial charge in [-0.1, -0.05) is 11.6 Å². The van der Waals surface area contributed by atoms with Gasteiger partial charge in [-0.15, -0.1) is 0 Å². The number of carbonyl (C=O) groups excluding carboxylic acids is 1. The zero-order valence-electron chi connectivity index (χ0n) is 8.67. The number of benzene rings is 1. The van der Waals surface area contributed by atoms with Crippen molar-refractivity contribution in [2.24, 2.45) is 0 Å². The third-order valence-corrected chi connectivity index (χ3v) is 2.24. The fourth-order valence-electron chi connectivity index (χ4n) is 1.14. The van der Waals surface area contributed by atoms with Gasteiger partial charge in [0.05, 0.1) is 11.6 Å². The number of halogens is 2. The van der Waals surface area contributed by atoms with E-state index < -0.39 is 0 Å². The third kappa shape index (κ3) is 2.97. The zero-order valence-corrected chi connectivity index (χ0v) is 9.42. The summed E-state index contributed by atoms with van der Waals surface area (Å²) in [6.07, 6.45) is 1.73. The first-order valence-electron chi connectivity index (χ1n) is 4.67. The Hall–Kier alpha value is -1.55. The molecule has 0 bridgehead atoms. The molecule has 1 aromatic carbocycles. The fraction of sp³-hybridized carbons (Fsp3) is 0.182. The van der Waals surface area contributed by atoms with E-state index in [0.29, 0.717) is 13.1 Å². The number of carbonyl (C=O) groups is 1. The zero-order chi connectivity index (χ0) is 12.0. The van der Waals surface area contributed by atoms with Crippen molar-refractivity contribution in [3.8, 4) is 0 Å². The summed E-state index contributed by atoms with van der Waals surface area (Å²) in [4.78, 5) is 12.1. The van der Waals surface area contributed by atoms with Crippen LogP contribution < -0.4 is 0 Å². The van der Waals surface area contributed by atoms with Crippen LogP contribution in [0.2, 0.25) is 5.02 Å². The number of hydrogen-bond acceptors (Lipinski definition) is 2.